The molecule has 1 saturated heterocycles. The van der Waals surface area contributed by atoms with Gasteiger partial charge >= 0.3 is 0 Å². The van der Waals surface area contributed by atoms with E-state index in [-0.39, 0.29) is 21.6 Å². The second kappa shape index (κ2) is 5.66. The van der Waals surface area contributed by atoms with Gasteiger partial charge in [-0.2, -0.15) is 0 Å². The van der Waals surface area contributed by atoms with E-state index in [1.807, 2.05) is 7.05 Å². The Morgan fingerprint density at radius 2 is 2.21 bits per heavy atom. The third kappa shape index (κ3) is 3.39. The highest BCUT2D eigenvalue weighted by Gasteiger charge is 2.26. The SMILES string of the molecule is CN1CCCC(NS(=O)(=O)c2c(N)cccc2Cl)C1. The van der Waals surface area contributed by atoms with Crippen molar-refractivity contribution < 1.29 is 8.42 Å². The van der Waals surface area contributed by atoms with Gasteiger partial charge in [0.05, 0.1) is 10.7 Å². The van der Waals surface area contributed by atoms with Crippen molar-refractivity contribution in [3.63, 3.8) is 0 Å². The monoisotopic (exact) mass is 303 g/mol. The summed E-state index contributed by atoms with van der Waals surface area (Å²) in [5.74, 6) is 0. The van der Waals surface area contributed by atoms with Crippen molar-refractivity contribution >= 4 is 27.3 Å². The maximum Gasteiger partial charge on any atom is 0.244 e. The largest absolute Gasteiger partial charge is 0.398 e. The summed E-state index contributed by atoms with van der Waals surface area (Å²) in [5.41, 5.74) is 5.90. The topological polar surface area (TPSA) is 75.4 Å². The molecular weight excluding hydrogens is 286 g/mol. The van der Waals surface area contributed by atoms with E-state index in [9.17, 15) is 8.42 Å². The molecule has 1 heterocycles. The number of nitrogen functional groups attached to an aromatic ring is 1. The zero-order valence-electron chi connectivity index (χ0n) is 10.8. The highest BCUT2D eigenvalue weighted by molar-refractivity contribution is 7.89. The van der Waals surface area contributed by atoms with Crippen molar-refractivity contribution in [1.29, 1.82) is 0 Å². The molecule has 0 aromatic heterocycles. The number of likely N-dealkylation sites (tertiary alicyclic amines) is 1. The van der Waals surface area contributed by atoms with Crippen LogP contribution in [0.5, 0.6) is 0 Å². The van der Waals surface area contributed by atoms with Gasteiger partial charge in [-0.25, -0.2) is 13.1 Å². The highest BCUT2D eigenvalue weighted by Crippen LogP contribution is 2.27. The second-order valence-electron chi connectivity index (χ2n) is 4.88. The number of likely N-dealkylation sites (N-methyl/N-ethyl adjacent to an activating group) is 1. The fraction of sp³-hybridized carbons (Fsp3) is 0.500. The molecule has 1 aliphatic rings. The summed E-state index contributed by atoms with van der Waals surface area (Å²) in [6.07, 6.45) is 1.80. The molecule has 0 saturated carbocycles. The van der Waals surface area contributed by atoms with Crippen LogP contribution in [0.4, 0.5) is 5.69 Å². The Kier molecular flexibility index (Phi) is 4.35. The number of nitrogens with two attached hydrogens (primary N) is 1. The number of piperidine rings is 1. The van der Waals surface area contributed by atoms with Crippen LogP contribution in [0.3, 0.4) is 0 Å². The van der Waals surface area contributed by atoms with Gasteiger partial charge in [-0.1, -0.05) is 17.7 Å². The summed E-state index contributed by atoms with van der Waals surface area (Å²) in [6, 6.07) is 4.59. The molecule has 0 amide bonds. The van der Waals surface area contributed by atoms with E-state index in [0.29, 0.717) is 6.54 Å². The van der Waals surface area contributed by atoms with E-state index in [2.05, 4.69) is 9.62 Å². The summed E-state index contributed by atoms with van der Waals surface area (Å²) < 4.78 is 27.4. The van der Waals surface area contributed by atoms with Crippen LogP contribution in [0.2, 0.25) is 5.02 Å². The average Bonchev–Trinajstić information content (AvgIpc) is 2.27. The lowest BCUT2D eigenvalue weighted by Crippen LogP contribution is -2.46. The molecule has 1 aromatic carbocycles. The zero-order valence-corrected chi connectivity index (χ0v) is 12.3. The first kappa shape index (κ1) is 14.6. The van der Waals surface area contributed by atoms with E-state index in [1.54, 1.807) is 6.07 Å². The summed E-state index contributed by atoms with van der Waals surface area (Å²) in [6.45, 7) is 1.69. The molecule has 19 heavy (non-hydrogen) atoms. The van der Waals surface area contributed by atoms with Crippen molar-refractivity contribution in [2.45, 2.75) is 23.8 Å². The number of nitrogens with one attached hydrogen (secondary N) is 1. The van der Waals surface area contributed by atoms with E-state index < -0.39 is 10.0 Å². The molecule has 3 N–H and O–H groups in total. The van der Waals surface area contributed by atoms with E-state index in [1.165, 1.54) is 12.1 Å². The van der Waals surface area contributed by atoms with Gasteiger partial charge in [0.2, 0.25) is 10.0 Å². The summed E-state index contributed by atoms with van der Waals surface area (Å²) >= 11 is 5.95. The smallest absolute Gasteiger partial charge is 0.244 e. The number of sulfonamides is 1. The lowest BCUT2D eigenvalue weighted by atomic mass is 10.1. The number of nitrogens with zero attached hydrogens (tertiary/aromatic N) is 1. The minimum atomic E-state index is -3.68. The first-order valence-electron chi connectivity index (χ1n) is 6.15. The number of anilines is 1. The van der Waals surface area contributed by atoms with Gasteiger partial charge in [-0.3, -0.25) is 0 Å². The number of halogens is 1. The molecule has 1 unspecified atom stereocenters. The Bertz CT molecular complexity index is 542. The molecule has 1 fully saturated rings. The number of rotatable bonds is 3. The maximum absolute atomic E-state index is 12.4. The van der Waals surface area contributed by atoms with Crippen molar-refractivity contribution in [2.75, 3.05) is 25.9 Å². The maximum atomic E-state index is 12.4. The molecule has 1 atom stereocenters. The molecule has 5 nitrogen and oxygen atoms in total. The minimum absolute atomic E-state index is 0.0232. The van der Waals surface area contributed by atoms with Crippen molar-refractivity contribution in [3.8, 4) is 0 Å². The van der Waals surface area contributed by atoms with Crippen molar-refractivity contribution in [1.82, 2.24) is 9.62 Å². The quantitative estimate of drug-likeness (QED) is 0.825. The Balaban J connectivity index is 2.23. The van der Waals surface area contributed by atoms with Gasteiger partial charge in [-0.15, -0.1) is 0 Å². The normalized spacial score (nSPS) is 21.5. The molecule has 7 heteroatoms. The molecule has 0 spiro atoms. The molecule has 1 aliphatic heterocycles. The molecular formula is C12H18ClN3O2S. The lowest BCUT2D eigenvalue weighted by molar-refractivity contribution is 0.242. The van der Waals surface area contributed by atoms with Crippen LogP contribution >= 0.6 is 11.6 Å². The van der Waals surface area contributed by atoms with Crippen LogP contribution in [0.15, 0.2) is 23.1 Å². The Morgan fingerprint density at radius 3 is 2.84 bits per heavy atom. The molecule has 0 bridgehead atoms. The number of benzene rings is 1. The molecule has 1 aromatic rings. The predicted octanol–water partition coefficient (Wildman–Crippen LogP) is 1.29. The fourth-order valence-electron chi connectivity index (χ4n) is 2.35. The lowest BCUT2D eigenvalue weighted by Gasteiger charge is -2.30. The standard InChI is InChI=1S/C12H18ClN3O2S/c1-16-7-3-4-9(8-16)15-19(17,18)12-10(13)5-2-6-11(12)14/h2,5-6,9,15H,3-4,7-8,14H2,1H3. The van der Waals surface area contributed by atoms with Gasteiger partial charge in [0.15, 0.2) is 0 Å². The van der Waals surface area contributed by atoms with Gasteiger partial charge in [0.25, 0.3) is 0 Å². The average molecular weight is 304 g/mol. The predicted molar refractivity (Wildman–Crippen MR) is 76.7 cm³/mol. The first-order chi connectivity index (χ1) is 8.90. The van der Waals surface area contributed by atoms with Gasteiger partial charge in [0.1, 0.15) is 4.90 Å². The van der Waals surface area contributed by atoms with Gasteiger partial charge in [-0.05, 0) is 38.6 Å². The second-order valence-corrected chi connectivity index (χ2v) is 6.94. The molecule has 0 aliphatic carbocycles. The third-order valence-corrected chi connectivity index (χ3v) is 5.28. The highest BCUT2D eigenvalue weighted by atomic mass is 35.5. The zero-order chi connectivity index (χ0) is 14.0. The molecule has 106 valence electrons. The van der Waals surface area contributed by atoms with Crippen LogP contribution in [-0.4, -0.2) is 39.5 Å². The Morgan fingerprint density at radius 1 is 1.47 bits per heavy atom. The summed E-state index contributed by atoms with van der Waals surface area (Å²) in [5, 5.41) is 0.150. The number of hydrogen-bond acceptors (Lipinski definition) is 4. The van der Waals surface area contributed by atoms with Crippen LogP contribution in [0.1, 0.15) is 12.8 Å². The summed E-state index contributed by atoms with van der Waals surface area (Å²) in [4.78, 5) is 2.08. The van der Waals surface area contributed by atoms with Crippen LogP contribution in [0, 0.1) is 0 Å². The van der Waals surface area contributed by atoms with Gasteiger partial charge < -0.3 is 10.6 Å². The van der Waals surface area contributed by atoms with Crippen molar-refractivity contribution in [2.24, 2.45) is 0 Å². The fourth-order valence-corrected chi connectivity index (χ4v) is 4.29. The number of hydrogen-bond donors (Lipinski definition) is 2. The minimum Gasteiger partial charge on any atom is -0.398 e. The van der Waals surface area contributed by atoms with Gasteiger partial charge in [0, 0.05) is 12.6 Å². The Hall–Kier alpha value is -0.820. The van der Waals surface area contributed by atoms with Crippen LogP contribution in [0.25, 0.3) is 0 Å². The van der Waals surface area contributed by atoms with E-state index in [0.717, 1.165) is 19.4 Å². The van der Waals surface area contributed by atoms with Crippen LogP contribution in [-0.2, 0) is 10.0 Å². The van der Waals surface area contributed by atoms with Crippen molar-refractivity contribution in [3.05, 3.63) is 23.2 Å². The third-order valence-electron chi connectivity index (χ3n) is 3.21. The van der Waals surface area contributed by atoms with E-state index in [4.69, 9.17) is 17.3 Å². The first-order valence-corrected chi connectivity index (χ1v) is 8.01. The van der Waals surface area contributed by atoms with Crippen LogP contribution < -0.4 is 10.5 Å². The van der Waals surface area contributed by atoms with E-state index >= 15 is 0 Å². The molecule has 0 radical (unpaired) electrons. The molecule has 2 rings (SSSR count). The Labute approximate surface area is 118 Å². The summed E-state index contributed by atoms with van der Waals surface area (Å²) in [7, 11) is -1.70.